The van der Waals surface area contributed by atoms with Crippen LogP contribution in [0.15, 0.2) is 30.3 Å². The van der Waals surface area contributed by atoms with Gasteiger partial charge in [-0.15, -0.1) is 0 Å². The van der Waals surface area contributed by atoms with Gasteiger partial charge >= 0.3 is 0 Å². The Balaban J connectivity index is 1.51. The van der Waals surface area contributed by atoms with E-state index in [2.05, 4.69) is 10.2 Å². The molecule has 0 aromatic heterocycles. The third kappa shape index (κ3) is 6.14. The third-order valence-corrected chi connectivity index (χ3v) is 3.65. The molecule has 0 unspecified atom stereocenters. The van der Waals surface area contributed by atoms with Crippen molar-refractivity contribution in [3.05, 3.63) is 30.3 Å². The molecule has 1 fully saturated rings. The fourth-order valence-corrected chi connectivity index (χ4v) is 2.38. The summed E-state index contributed by atoms with van der Waals surface area (Å²) in [6, 6.07) is 10.0. The van der Waals surface area contributed by atoms with Crippen LogP contribution in [0.25, 0.3) is 0 Å². The van der Waals surface area contributed by atoms with E-state index in [1.54, 1.807) is 0 Å². The standard InChI is InChI=1S/C16H25N3O2/c17-14-7-10-19(11-8-14)13-16(20)18-9-4-12-21-15-5-2-1-3-6-15/h1-3,5-6,14H,4,7-13,17H2,(H,18,20). The number of hydrogen-bond donors (Lipinski definition) is 2. The third-order valence-electron chi connectivity index (χ3n) is 3.65. The summed E-state index contributed by atoms with van der Waals surface area (Å²) in [6.07, 6.45) is 2.78. The monoisotopic (exact) mass is 291 g/mol. The molecule has 1 amide bonds. The first-order valence-corrected chi connectivity index (χ1v) is 7.66. The van der Waals surface area contributed by atoms with E-state index in [0.29, 0.717) is 25.7 Å². The minimum absolute atomic E-state index is 0.0881. The van der Waals surface area contributed by atoms with Gasteiger partial charge in [0, 0.05) is 25.7 Å². The van der Waals surface area contributed by atoms with Gasteiger partial charge in [0.1, 0.15) is 5.75 Å². The topological polar surface area (TPSA) is 67.6 Å². The van der Waals surface area contributed by atoms with Crippen molar-refractivity contribution in [2.75, 3.05) is 32.8 Å². The van der Waals surface area contributed by atoms with E-state index in [9.17, 15) is 4.79 Å². The zero-order valence-corrected chi connectivity index (χ0v) is 12.5. The Labute approximate surface area is 126 Å². The van der Waals surface area contributed by atoms with Crippen molar-refractivity contribution in [2.45, 2.75) is 25.3 Å². The maximum Gasteiger partial charge on any atom is 0.234 e. The maximum atomic E-state index is 11.8. The molecule has 21 heavy (non-hydrogen) atoms. The van der Waals surface area contributed by atoms with Gasteiger partial charge in [0.25, 0.3) is 0 Å². The van der Waals surface area contributed by atoms with Gasteiger partial charge in [0.15, 0.2) is 0 Å². The number of ether oxygens (including phenoxy) is 1. The van der Waals surface area contributed by atoms with Crippen molar-refractivity contribution in [3.8, 4) is 5.75 Å². The zero-order valence-electron chi connectivity index (χ0n) is 12.5. The fourth-order valence-electron chi connectivity index (χ4n) is 2.38. The molecular formula is C16H25N3O2. The minimum Gasteiger partial charge on any atom is -0.494 e. The summed E-state index contributed by atoms with van der Waals surface area (Å²) >= 11 is 0. The summed E-state index contributed by atoms with van der Waals surface area (Å²) in [4.78, 5) is 14.0. The van der Waals surface area contributed by atoms with E-state index >= 15 is 0 Å². The van der Waals surface area contributed by atoms with Gasteiger partial charge in [-0.1, -0.05) is 18.2 Å². The highest BCUT2D eigenvalue weighted by Gasteiger charge is 2.17. The highest BCUT2D eigenvalue weighted by Crippen LogP contribution is 2.08. The van der Waals surface area contributed by atoms with Crippen LogP contribution in [0.1, 0.15) is 19.3 Å². The molecule has 2 rings (SSSR count). The molecule has 1 aromatic rings. The Morgan fingerprint density at radius 3 is 2.71 bits per heavy atom. The Morgan fingerprint density at radius 2 is 2.00 bits per heavy atom. The Hall–Kier alpha value is -1.59. The number of piperidine rings is 1. The van der Waals surface area contributed by atoms with Crippen LogP contribution < -0.4 is 15.8 Å². The second kappa shape index (κ2) is 8.64. The van der Waals surface area contributed by atoms with E-state index in [4.69, 9.17) is 10.5 Å². The lowest BCUT2D eigenvalue weighted by atomic mass is 10.1. The van der Waals surface area contributed by atoms with Crippen LogP contribution in [0.3, 0.4) is 0 Å². The van der Waals surface area contributed by atoms with Crippen LogP contribution in [0.2, 0.25) is 0 Å². The van der Waals surface area contributed by atoms with Gasteiger partial charge in [-0.3, -0.25) is 9.69 Å². The lowest BCUT2D eigenvalue weighted by Crippen LogP contribution is -2.44. The van der Waals surface area contributed by atoms with Gasteiger partial charge in [0.2, 0.25) is 5.91 Å². The number of hydrogen-bond acceptors (Lipinski definition) is 4. The van der Waals surface area contributed by atoms with Crippen molar-refractivity contribution < 1.29 is 9.53 Å². The first-order valence-electron chi connectivity index (χ1n) is 7.66. The van der Waals surface area contributed by atoms with Gasteiger partial charge in [-0.05, 0) is 31.4 Å². The number of likely N-dealkylation sites (tertiary alicyclic amines) is 1. The number of benzene rings is 1. The lowest BCUT2D eigenvalue weighted by Gasteiger charge is -2.29. The highest BCUT2D eigenvalue weighted by atomic mass is 16.5. The van der Waals surface area contributed by atoms with Gasteiger partial charge in [-0.25, -0.2) is 0 Å². The number of nitrogens with one attached hydrogen (secondary N) is 1. The van der Waals surface area contributed by atoms with Crippen molar-refractivity contribution in [1.82, 2.24) is 10.2 Å². The zero-order chi connectivity index (χ0) is 14.9. The lowest BCUT2D eigenvalue weighted by molar-refractivity contribution is -0.122. The molecular weight excluding hydrogens is 266 g/mol. The Kier molecular flexibility index (Phi) is 6.50. The summed E-state index contributed by atoms with van der Waals surface area (Å²) < 4.78 is 5.57. The summed E-state index contributed by atoms with van der Waals surface area (Å²) in [7, 11) is 0. The molecule has 0 bridgehead atoms. The van der Waals surface area contributed by atoms with E-state index < -0.39 is 0 Å². The largest absolute Gasteiger partial charge is 0.494 e. The van der Waals surface area contributed by atoms with Gasteiger partial charge in [0.05, 0.1) is 13.2 Å². The summed E-state index contributed by atoms with van der Waals surface area (Å²) in [5.41, 5.74) is 5.85. The van der Waals surface area contributed by atoms with E-state index in [-0.39, 0.29) is 5.91 Å². The molecule has 1 heterocycles. The van der Waals surface area contributed by atoms with Crippen LogP contribution in [-0.4, -0.2) is 49.6 Å². The molecule has 0 radical (unpaired) electrons. The van der Waals surface area contributed by atoms with Crippen LogP contribution in [0.4, 0.5) is 0 Å². The van der Waals surface area contributed by atoms with Gasteiger partial charge < -0.3 is 15.8 Å². The number of rotatable bonds is 7. The van der Waals surface area contributed by atoms with Crippen molar-refractivity contribution in [2.24, 2.45) is 5.73 Å². The Morgan fingerprint density at radius 1 is 1.29 bits per heavy atom. The van der Waals surface area contributed by atoms with Gasteiger partial charge in [-0.2, -0.15) is 0 Å². The predicted octanol–water partition coefficient (Wildman–Crippen LogP) is 0.995. The molecule has 1 aliphatic rings. The predicted molar refractivity (Wildman–Crippen MR) is 83.2 cm³/mol. The molecule has 5 nitrogen and oxygen atoms in total. The molecule has 0 aliphatic carbocycles. The van der Waals surface area contributed by atoms with E-state index in [1.165, 1.54) is 0 Å². The highest BCUT2D eigenvalue weighted by molar-refractivity contribution is 5.77. The van der Waals surface area contributed by atoms with E-state index in [0.717, 1.165) is 38.1 Å². The summed E-state index contributed by atoms with van der Waals surface area (Å²) in [5, 5.41) is 2.94. The smallest absolute Gasteiger partial charge is 0.234 e. The average Bonchev–Trinajstić information content (AvgIpc) is 2.50. The van der Waals surface area contributed by atoms with Crippen LogP contribution in [0.5, 0.6) is 5.75 Å². The first-order chi connectivity index (χ1) is 10.2. The molecule has 1 saturated heterocycles. The molecule has 116 valence electrons. The second-order valence-corrected chi connectivity index (χ2v) is 5.48. The van der Waals surface area contributed by atoms with E-state index in [1.807, 2.05) is 30.3 Å². The molecule has 1 aromatic carbocycles. The molecule has 0 saturated carbocycles. The number of carbonyl (C=O) groups excluding carboxylic acids is 1. The summed E-state index contributed by atoms with van der Waals surface area (Å²) in [5.74, 6) is 0.957. The minimum atomic E-state index is 0.0881. The van der Waals surface area contributed by atoms with Crippen LogP contribution in [0, 0.1) is 0 Å². The average molecular weight is 291 g/mol. The van der Waals surface area contributed by atoms with Crippen molar-refractivity contribution >= 4 is 5.91 Å². The fraction of sp³-hybridized carbons (Fsp3) is 0.562. The van der Waals surface area contributed by atoms with Crippen molar-refractivity contribution in [3.63, 3.8) is 0 Å². The molecule has 3 N–H and O–H groups in total. The number of para-hydroxylation sites is 1. The molecule has 0 spiro atoms. The number of amides is 1. The summed E-state index contributed by atoms with van der Waals surface area (Å²) in [6.45, 7) is 3.59. The Bertz CT molecular complexity index is 417. The number of carbonyl (C=O) groups is 1. The second-order valence-electron chi connectivity index (χ2n) is 5.48. The van der Waals surface area contributed by atoms with Crippen LogP contribution >= 0.6 is 0 Å². The first kappa shape index (κ1) is 15.8. The number of nitrogens with zero attached hydrogens (tertiary/aromatic N) is 1. The normalized spacial score (nSPS) is 16.6. The van der Waals surface area contributed by atoms with Crippen LogP contribution in [-0.2, 0) is 4.79 Å². The van der Waals surface area contributed by atoms with Crippen molar-refractivity contribution in [1.29, 1.82) is 0 Å². The molecule has 5 heteroatoms. The number of nitrogens with two attached hydrogens (primary N) is 1. The molecule has 1 aliphatic heterocycles. The quantitative estimate of drug-likeness (QED) is 0.735. The molecule has 0 atom stereocenters. The SMILES string of the molecule is NC1CCN(CC(=O)NCCCOc2ccccc2)CC1. The maximum absolute atomic E-state index is 11.8.